The van der Waals surface area contributed by atoms with E-state index in [9.17, 15) is 28.9 Å². The smallest absolute Gasteiger partial charge is 0.550 e. The van der Waals surface area contributed by atoms with Gasteiger partial charge in [-0.05, 0) is 31.3 Å². The van der Waals surface area contributed by atoms with Gasteiger partial charge in [-0.15, -0.1) is 11.8 Å². The predicted octanol–water partition coefficient (Wildman–Crippen LogP) is -0.818. The molecule has 1 aliphatic carbocycles. The van der Waals surface area contributed by atoms with Gasteiger partial charge in [-0.1, -0.05) is 26.0 Å². The van der Waals surface area contributed by atoms with E-state index in [0.29, 0.717) is 6.42 Å². The van der Waals surface area contributed by atoms with Crippen LogP contribution in [-0.2, 0) is 9.53 Å². The number of unbranched alkanes of at least 4 members (excludes halogenated alkanes) is 1. The number of aliphatic hydroxyl groups excluding tert-OH is 2. The summed E-state index contributed by atoms with van der Waals surface area (Å²) in [4.78, 5) is 10.4. The average Bonchev–Trinajstić information content (AvgIpc) is 3.09. The summed E-state index contributed by atoms with van der Waals surface area (Å²) in [6.45, 7) is 3.76. The van der Waals surface area contributed by atoms with Crippen LogP contribution in [-0.4, -0.2) is 40.4 Å². The predicted molar refractivity (Wildman–Crippen MR) is 101 cm³/mol. The molecule has 0 amide bonds. The fourth-order valence-corrected chi connectivity index (χ4v) is 3.85. The van der Waals surface area contributed by atoms with Crippen LogP contribution in [0.3, 0.4) is 0 Å². The molecule has 2 N–H and O–H groups in total. The van der Waals surface area contributed by atoms with Gasteiger partial charge in [-0.2, -0.15) is 8.78 Å². The number of alkyl halides is 2. The van der Waals surface area contributed by atoms with Crippen molar-refractivity contribution in [3.63, 3.8) is 0 Å². The van der Waals surface area contributed by atoms with Crippen molar-refractivity contribution in [2.75, 3.05) is 0 Å². The Bertz CT molecular complexity index is 697. The van der Waals surface area contributed by atoms with Gasteiger partial charge in [-0.25, -0.2) is 0 Å². The van der Waals surface area contributed by atoms with Gasteiger partial charge in [0.25, 0.3) is 0 Å². The second-order valence-electron chi connectivity index (χ2n) is 7.78. The maximum Gasteiger partial charge on any atom is 1.00 e. The third-order valence-electron chi connectivity index (χ3n) is 5.51. The largest absolute Gasteiger partial charge is 1.00 e. The Morgan fingerprint density at radius 1 is 1.43 bits per heavy atom. The van der Waals surface area contributed by atoms with Crippen LogP contribution in [0.1, 0.15) is 52.4 Å². The van der Waals surface area contributed by atoms with E-state index >= 15 is 0 Å². The normalized spacial score (nSPS) is 30.1. The van der Waals surface area contributed by atoms with E-state index in [0.717, 1.165) is 6.42 Å². The van der Waals surface area contributed by atoms with Crippen LogP contribution in [0.4, 0.5) is 8.78 Å². The third kappa shape index (κ3) is 6.80. The first-order chi connectivity index (χ1) is 13.7. The van der Waals surface area contributed by atoms with Gasteiger partial charge in [0, 0.05) is 31.1 Å². The van der Waals surface area contributed by atoms with E-state index in [-0.39, 0.29) is 61.2 Å². The number of carboxylic acids is 1. The van der Waals surface area contributed by atoms with Crippen molar-refractivity contribution < 1.29 is 63.2 Å². The second-order valence-corrected chi connectivity index (χ2v) is 7.78. The van der Waals surface area contributed by atoms with Gasteiger partial charge >= 0.3 is 35.5 Å². The molecule has 0 bridgehead atoms. The summed E-state index contributed by atoms with van der Waals surface area (Å²) >= 11 is 0. The molecule has 1 aliphatic heterocycles. The van der Waals surface area contributed by atoms with Crippen LogP contribution in [0.5, 0.6) is 0 Å². The second kappa shape index (κ2) is 12.2. The molecule has 30 heavy (non-hydrogen) atoms. The van der Waals surface area contributed by atoms with Gasteiger partial charge < -0.3 is 24.9 Å². The van der Waals surface area contributed by atoms with Crippen LogP contribution in [0.15, 0.2) is 24.0 Å². The third-order valence-corrected chi connectivity index (χ3v) is 5.51. The number of halogens is 2. The zero-order valence-corrected chi connectivity index (χ0v) is 19.8. The van der Waals surface area contributed by atoms with Gasteiger partial charge in [0.15, 0.2) is 5.76 Å². The molecule has 1 saturated heterocycles. The topological polar surface area (TPSA) is 89.8 Å². The fourth-order valence-electron chi connectivity index (χ4n) is 3.85. The number of allylic oxidation sites excluding steroid dienone is 2. The molecular formula is C22H29F2NaO5. The van der Waals surface area contributed by atoms with Gasteiger partial charge in [0.2, 0.25) is 0 Å². The monoisotopic (exact) mass is 434 g/mol. The molecule has 0 spiro atoms. The van der Waals surface area contributed by atoms with E-state index in [1.165, 1.54) is 18.2 Å². The molecule has 1 heterocycles. The van der Waals surface area contributed by atoms with Crippen molar-refractivity contribution in [3.8, 4) is 11.8 Å². The van der Waals surface area contributed by atoms with Crippen LogP contribution >= 0.6 is 0 Å². The number of hydrogen-bond acceptors (Lipinski definition) is 5. The summed E-state index contributed by atoms with van der Waals surface area (Å²) in [6.07, 6.45) is 2.98. The molecule has 2 fully saturated rings. The Morgan fingerprint density at radius 3 is 2.77 bits per heavy atom. The van der Waals surface area contributed by atoms with Crippen molar-refractivity contribution in [2.24, 2.45) is 17.8 Å². The molecule has 0 aromatic heterocycles. The number of carboxylic acid groups (broad SMARTS) is 1. The SMILES string of the molecule is CCC#CC[C@H](C)[C@@H](O)C=C[C@@H]1[C@@H]2[C@H](C[C@H]1O)OC(=CCCCC(=O)[O-])C2(F)F.[Na+]. The number of hydrogen-bond donors (Lipinski definition) is 2. The van der Waals surface area contributed by atoms with Gasteiger partial charge in [-0.3, -0.25) is 0 Å². The molecule has 1 saturated carbocycles. The zero-order chi connectivity index (χ0) is 21.6. The minimum atomic E-state index is -3.26. The number of ether oxygens (including phenoxy) is 1. The molecule has 6 atom stereocenters. The van der Waals surface area contributed by atoms with Crippen LogP contribution < -0.4 is 34.7 Å². The van der Waals surface area contributed by atoms with Crippen molar-refractivity contribution >= 4 is 5.97 Å². The molecular weight excluding hydrogens is 405 g/mol. The van der Waals surface area contributed by atoms with Crippen LogP contribution in [0.2, 0.25) is 0 Å². The zero-order valence-electron chi connectivity index (χ0n) is 17.8. The molecule has 162 valence electrons. The first-order valence-corrected chi connectivity index (χ1v) is 10.1. The summed E-state index contributed by atoms with van der Waals surface area (Å²) in [6, 6.07) is 0. The summed E-state index contributed by atoms with van der Waals surface area (Å²) < 4.78 is 35.2. The van der Waals surface area contributed by atoms with Crippen LogP contribution in [0, 0.1) is 29.6 Å². The Labute approximate surface area is 198 Å². The van der Waals surface area contributed by atoms with E-state index in [1.54, 1.807) is 0 Å². The van der Waals surface area contributed by atoms with Gasteiger partial charge in [0.1, 0.15) is 6.10 Å². The first kappa shape index (κ1) is 27.1. The quantitative estimate of drug-likeness (QED) is 0.226. The number of carbonyl (C=O) groups excluding carboxylic acids is 1. The van der Waals surface area contributed by atoms with E-state index in [1.807, 2.05) is 13.8 Å². The summed E-state index contributed by atoms with van der Waals surface area (Å²) in [5.41, 5.74) is 0. The van der Waals surface area contributed by atoms with Gasteiger partial charge in [0.05, 0.1) is 18.1 Å². The molecule has 0 unspecified atom stereocenters. The first-order valence-electron chi connectivity index (χ1n) is 10.1. The number of aliphatic carboxylic acids is 1. The summed E-state index contributed by atoms with van der Waals surface area (Å²) in [5.74, 6) is -1.27. The van der Waals surface area contributed by atoms with E-state index in [4.69, 9.17) is 4.74 Å². The minimum Gasteiger partial charge on any atom is -0.550 e. The van der Waals surface area contributed by atoms with E-state index in [2.05, 4.69) is 11.8 Å². The molecule has 0 radical (unpaired) electrons. The number of carbonyl (C=O) groups is 1. The Hall–Kier alpha value is -0.910. The maximum absolute atomic E-state index is 14.9. The molecule has 2 rings (SSSR count). The summed E-state index contributed by atoms with van der Waals surface area (Å²) in [7, 11) is 0. The maximum atomic E-state index is 14.9. The molecule has 0 aromatic rings. The standard InChI is InChI=1S/C22H30F2O5.Na/c1-3-4-5-8-14(2)16(25)12-11-15-17(26)13-18-21(15)22(23,24)19(29-18)9-6-7-10-20(27)28;/h9,11-12,14-18,21,25-26H,3,6-8,10,13H2,1-2H3,(H,27,28);/q;+1/p-1/t14-,15-,16-,17+,18-,21+;/m0./s1. The molecule has 0 aromatic carbocycles. The number of aliphatic hydroxyl groups is 2. The van der Waals surface area contributed by atoms with E-state index < -0.39 is 47.8 Å². The molecule has 5 nitrogen and oxygen atoms in total. The van der Waals surface area contributed by atoms with Crippen molar-refractivity contribution in [1.82, 2.24) is 0 Å². The van der Waals surface area contributed by atoms with Crippen molar-refractivity contribution in [3.05, 3.63) is 24.0 Å². The molecule has 2 aliphatic rings. The number of fused-ring (bicyclic) bond motifs is 1. The minimum absolute atomic E-state index is 0. The number of rotatable bonds is 8. The average molecular weight is 434 g/mol. The molecule has 8 heteroatoms. The van der Waals surface area contributed by atoms with Crippen molar-refractivity contribution in [2.45, 2.75) is 76.6 Å². The van der Waals surface area contributed by atoms with Crippen molar-refractivity contribution in [1.29, 1.82) is 0 Å². The summed E-state index contributed by atoms with van der Waals surface area (Å²) in [5, 5.41) is 30.9. The van der Waals surface area contributed by atoms with Crippen LogP contribution in [0.25, 0.3) is 0 Å². The Kier molecular flexibility index (Phi) is 11.0. The Balaban J connectivity index is 0.00000450. The Morgan fingerprint density at radius 2 is 2.13 bits per heavy atom. The fraction of sp³-hybridized carbons (Fsp3) is 0.682.